The van der Waals surface area contributed by atoms with Crippen molar-refractivity contribution in [1.29, 1.82) is 0 Å². The Kier molecular flexibility index (Phi) is 3.00. The van der Waals surface area contributed by atoms with E-state index in [1.807, 2.05) is 0 Å². The molecule has 1 saturated heterocycles. The van der Waals surface area contributed by atoms with Crippen LogP contribution in [-0.4, -0.2) is 29.1 Å². The van der Waals surface area contributed by atoms with Crippen molar-refractivity contribution in [3.63, 3.8) is 0 Å². The van der Waals surface area contributed by atoms with Crippen LogP contribution in [0, 0.1) is 12.3 Å². The van der Waals surface area contributed by atoms with Gasteiger partial charge < -0.3 is 5.73 Å². The molecule has 0 amide bonds. The summed E-state index contributed by atoms with van der Waals surface area (Å²) < 4.78 is 0. The van der Waals surface area contributed by atoms with Gasteiger partial charge in [-0.25, -0.2) is 0 Å². The molecule has 2 N–H and O–H groups in total. The number of nitrogens with zero attached hydrogens (tertiary/aromatic N) is 1. The summed E-state index contributed by atoms with van der Waals surface area (Å²) in [6.07, 6.45) is 7.64. The van der Waals surface area contributed by atoms with Crippen molar-refractivity contribution < 1.29 is 0 Å². The molecule has 2 heteroatoms. The van der Waals surface area contributed by atoms with E-state index in [0.29, 0.717) is 12.1 Å². The maximum Gasteiger partial charge on any atom is 0.0768 e. The van der Waals surface area contributed by atoms with Crippen LogP contribution in [0.15, 0.2) is 0 Å². The molecule has 74 valence electrons. The Morgan fingerprint density at radius 2 is 2.15 bits per heavy atom. The highest BCUT2D eigenvalue weighted by Gasteiger charge is 2.32. The maximum atomic E-state index is 5.89. The molecule has 0 aromatic carbocycles. The van der Waals surface area contributed by atoms with Gasteiger partial charge in [-0.3, -0.25) is 4.90 Å². The molecule has 0 saturated carbocycles. The molecule has 0 radical (unpaired) electrons. The zero-order valence-electron chi connectivity index (χ0n) is 8.88. The first-order chi connectivity index (χ1) is 5.97. The fourth-order valence-corrected chi connectivity index (χ4v) is 2.12. The summed E-state index contributed by atoms with van der Waals surface area (Å²) in [6, 6.07) is 0.870. The Morgan fingerprint density at radius 1 is 1.54 bits per heavy atom. The third-order valence-corrected chi connectivity index (χ3v) is 2.99. The van der Waals surface area contributed by atoms with Gasteiger partial charge in [-0.15, -0.1) is 6.42 Å². The van der Waals surface area contributed by atoms with Crippen molar-refractivity contribution in [2.24, 2.45) is 5.73 Å². The van der Waals surface area contributed by atoms with E-state index < -0.39 is 0 Å². The highest BCUT2D eigenvalue weighted by molar-refractivity contribution is 5.10. The number of hydrogen-bond acceptors (Lipinski definition) is 2. The predicted molar refractivity (Wildman–Crippen MR) is 56.3 cm³/mol. The third kappa shape index (κ3) is 2.24. The lowest BCUT2D eigenvalue weighted by atomic mass is 9.92. The van der Waals surface area contributed by atoms with Crippen molar-refractivity contribution in [3.8, 4) is 12.3 Å². The lowest BCUT2D eigenvalue weighted by Crippen LogP contribution is -2.54. The number of likely N-dealkylation sites (tertiary alicyclic amines) is 1. The van der Waals surface area contributed by atoms with Gasteiger partial charge in [0, 0.05) is 18.6 Å². The van der Waals surface area contributed by atoms with Gasteiger partial charge in [0.2, 0.25) is 0 Å². The number of rotatable bonds is 1. The molecular weight excluding hydrogens is 160 g/mol. The van der Waals surface area contributed by atoms with Gasteiger partial charge in [-0.05, 0) is 33.6 Å². The highest BCUT2D eigenvalue weighted by Crippen LogP contribution is 2.24. The lowest BCUT2D eigenvalue weighted by molar-refractivity contribution is 0.0767. The highest BCUT2D eigenvalue weighted by atomic mass is 15.2. The fourth-order valence-electron chi connectivity index (χ4n) is 2.12. The number of piperidine rings is 1. The predicted octanol–water partition coefficient (Wildman–Crippen LogP) is 1.21. The monoisotopic (exact) mass is 180 g/mol. The van der Waals surface area contributed by atoms with Crippen molar-refractivity contribution in [2.75, 3.05) is 6.54 Å². The minimum atomic E-state index is -0.125. The fraction of sp³-hybridized carbons (Fsp3) is 0.818. The minimum absolute atomic E-state index is 0.125. The van der Waals surface area contributed by atoms with Gasteiger partial charge in [0.1, 0.15) is 0 Å². The molecule has 2 atom stereocenters. The van der Waals surface area contributed by atoms with E-state index in [1.54, 1.807) is 0 Å². The van der Waals surface area contributed by atoms with Crippen LogP contribution in [0.1, 0.15) is 33.6 Å². The smallest absolute Gasteiger partial charge is 0.0768 e. The van der Waals surface area contributed by atoms with Gasteiger partial charge in [0.25, 0.3) is 0 Å². The van der Waals surface area contributed by atoms with E-state index in [1.165, 1.54) is 0 Å². The molecule has 0 bridgehead atoms. The second kappa shape index (κ2) is 3.69. The second-order valence-electron chi connectivity index (χ2n) is 4.53. The van der Waals surface area contributed by atoms with Crippen LogP contribution in [-0.2, 0) is 0 Å². The van der Waals surface area contributed by atoms with Crippen molar-refractivity contribution in [2.45, 2.75) is 51.2 Å². The average Bonchev–Trinajstić information content (AvgIpc) is 2.03. The summed E-state index contributed by atoms with van der Waals surface area (Å²) in [6.45, 7) is 7.43. The molecule has 1 fully saturated rings. The summed E-state index contributed by atoms with van der Waals surface area (Å²) >= 11 is 0. The quantitative estimate of drug-likeness (QED) is 0.615. The largest absolute Gasteiger partial charge is 0.328 e. The van der Waals surface area contributed by atoms with E-state index in [-0.39, 0.29) is 5.54 Å². The topological polar surface area (TPSA) is 29.3 Å². The molecule has 0 spiro atoms. The molecule has 1 aliphatic rings. The molecule has 1 aliphatic heterocycles. The third-order valence-electron chi connectivity index (χ3n) is 2.99. The van der Waals surface area contributed by atoms with Gasteiger partial charge in [0.15, 0.2) is 0 Å². The molecule has 1 heterocycles. The van der Waals surface area contributed by atoms with Crippen LogP contribution in [0.25, 0.3) is 0 Å². The van der Waals surface area contributed by atoms with E-state index in [9.17, 15) is 0 Å². The van der Waals surface area contributed by atoms with E-state index in [0.717, 1.165) is 19.4 Å². The van der Waals surface area contributed by atoms with Crippen molar-refractivity contribution >= 4 is 0 Å². The number of nitrogens with two attached hydrogens (primary N) is 1. The van der Waals surface area contributed by atoms with Crippen LogP contribution in [0.2, 0.25) is 0 Å². The molecule has 13 heavy (non-hydrogen) atoms. The first kappa shape index (κ1) is 10.6. The van der Waals surface area contributed by atoms with E-state index in [2.05, 4.69) is 31.6 Å². The van der Waals surface area contributed by atoms with Gasteiger partial charge >= 0.3 is 0 Å². The first-order valence-corrected chi connectivity index (χ1v) is 4.97. The summed E-state index contributed by atoms with van der Waals surface area (Å²) in [5, 5.41) is 0. The molecule has 0 aromatic heterocycles. The van der Waals surface area contributed by atoms with Gasteiger partial charge in [0.05, 0.1) is 5.54 Å². The van der Waals surface area contributed by atoms with Crippen molar-refractivity contribution in [3.05, 3.63) is 0 Å². The van der Waals surface area contributed by atoms with Crippen LogP contribution < -0.4 is 5.73 Å². The Balaban J connectivity index is 2.67. The summed E-state index contributed by atoms with van der Waals surface area (Å²) in [5.41, 5.74) is 5.77. The van der Waals surface area contributed by atoms with E-state index >= 15 is 0 Å². The Bertz CT molecular complexity index is 215. The number of terminal acetylenes is 1. The lowest BCUT2D eigenvalue weighted by Gasteiger charge is -2.44. The molecular formula is C11H20N2. The van der Waals surface area contributed by atoms with Gasteiger partial charge in [-0.2, -0.15) is 0 Å². The molecule has 1 rings (SSSR count). The summed E-state index contributed by atoms with van der Waals surface area (Å²) in [7, 11) is 0. The summed E-state index contributed by atoms with van der Waals surface area (Å²) in [5.74, 6) is 2.84. The van der Waals surface area contributed by atoms with Crippen LogP contribution in [0.5, 0.6) is 0 Å². The summed E-state index contributed by atoms with van der Waals surface area (Å²) in [4.78, 5) is 2.37. The van der Waals surface area contributed by atoms with Crippen molar-refractivity contribution in [1.82, 2.24) is 4.90 Å². The zero-order valence-corrected chi connectivity index (χ0v) is 8.88. The molecule has 0 aliphatic carbocycles. The number of hydrogen-bond donors (Lipinski definition) is 1. The zero-order chi connectivity index (χ0) is 10.1. The van der Waals surface area contributed by atoms with Crippen LogP contribution in [0.4, 0.5) is 0 Å². The van der Waals surface area contributed by atoms with Gasteiger partial charge in [-0.1, -0.05) is 5.92 Å². The Hall–Kier alpha value is -0.520. The Labute approximate surface area is 81.5 Å². The molecule has 2 nitrogen and oxygen atoms in total. The SMILES string of the molecule is C#CC(C)(C)N1CCC(N)CC1C. The van der Waals surface area contributed by atoms with Crippen LogP contribution in [0.3, 0.4) is 0 Å². The standard InChI is InChI=1S/C11H20N2/c1-5-11(3,4)13-7-6-10(12)8-9(13)2/h1,9-10H,6-8,12H2,2-4H3. The Morgan fingerprint density at radius 3 is 2.62 bits per heavy atom. The molecule has 2 unspecified atom stereocenters. The van der Waals surface area contributed by atoms with E-state index in [4.69, 9.17) is 12.2 Å². The molecule has 0 aromatic rings. The average molecular weight is 180 g/mol. The first-order valence-electron chi connectivity index (χ1n) is 4.97. The maximum absolute atomic E-state index is 5.89. The second-order valence-corrected chi connectivity index (χ2v) is 4.53. The minimum Gasteiger partial charge on any atom is -0.328 e. The normalized spacial score (nSPS) is 31.3. The van der Waals surface area contributed by atoms with Crippen LogP contribution >= 0.6 is 0 Å².